The zero-order valence-corrected chi connectivity index (χ0v) is 11.8. The van der Waals surface area contributed by atoms with Crippen LogP contribution in [0.5, 0.6) is 11.6 Å². The number of hydrogen-bond acceptors (Lipinski definition) is 5. The predicted molar refractivity (Wildman–Crippen MR) is 77.7 cm³/mol. The van der Waals surface area contributed by atoms with Crippen molar-refractivity contribution < 1.29 is 22.8 Å². The lowest BCUT2D eigenvalue weighted by Gasteiger charge is -2.12. The van der Waals surface area contributed by atoms with Crippen LogP contribution in [-0.2, 0) is 6.18 Å². The molecule has 1 aromatic heterocycles. The van der Waals surface area contributed by atoms with Crippen LogP contribution in [0.3, 0.4) is 0 Å². The van der Waals surface area contributed by atoms with Crippen molar-refractivity contribution in [3.8, 4) is 11.6 Å². The van der Waals surface area contributed by atoms with Gasteiger partial charge in [0.25, 0.3) is 11.6 Å². The number of halogens is 3. The second-order valence-corrected chi connectivity index (χ2v) is 4.72. The minimum absolute atomic E-state index is 0.0179. The molecule has 0 bridgehead atoms. The van der Waals surface area contributed by atoms with Crippen LogP contribution < -0.4 is 4.74 Å². The second kappa shape index (κ2) is 5.76. The van der Waals surface area contributed by atoms with Crippen LogP contribution in [0.15, 0.2) is 48.5 Å². The number of rotatable bonds is 3. The zero-order chi connectivity index (χ0) is 17.3. The van der Waals surface area contributed by atoms with Crippen molar-refractivity contribution in [1.29, 1.82) is 0 Å². The maximum atomic E-state index is 13.2. The molecule has 0 saturated heterocycles. The quantitative estimate of drug-likeness (QED) is 0.525. The Morgan fingerprint density at radius 2 is 1.54 bits per heavy atom. The lowest BCUT2D eigenvalue weighted by atomic mass is 10.3. The van der Waals surface area contributed by atoms with Crippen molar-refractivity contribution in [1.82, 2.24) is 9.97 Å². The highest BCUT2D eigenvalue weighted by Crippen LogP contribution is 2.36. The summed E-state index contributed by atoms with van der Waals surface area (Å²) < 4.78 is 44.7. The number of benzene rings is 2. The monoisotopic (exact) mass is 335 g/mol. The van der Waals surface area contributed by atoms with E-state index in [4.69, 9.17) is 4.74 Å². The van der Waals surface area contributed by atoms with Crippen LogP contribution >= 0.6 is 0 Å². The molecular weight excluding hydrogens is 327 g/mol. The van der Waals surface area contributed by atoms with E-state index in [1.54, 1.807) is 12.1 Å². The third kappa shape index (κ3) is 3.09. The Morgan fingerprint density at radius 1 is 0.958 bits per heavy atom. The summed E-state index contributed by atoms with van der Waals surface area (Å²) in [7, 11) is 0. The summed E-state index contributed by atoms with van der Waals surface area (Å²) in [4.78, 5) is 17.4. The summed E-state index contributed by atoms with van der Waals surface area (Å²) in [5, 5.41) is 10.6. The Balaban J connectivity index is 2.05. The molecule has 0 radical (unpaired) electrons. The second-order valence-electron chi connectivity index (χ2n) is 4.72. The molecule has 122 valence electrons. The van der Waals surface area contributed by atoms with Crippen molar-refractivity contribution >= 4 is 16.7 Å². The fraction of sp³-hybridized carbons (Fsp3) is 0.0667. The number of nitrogens with zero attached hydrogens (tertiary/aromatic N) is 3. The first kappa shape index (κ1) is 15.7. The minimum Gasteiger partial charge on any atom is -0.437 e. The van der Waals surface area contributed by atoms with Gasteiger partial charge in [-0.25, -0.2) is 9.97 Å². The van der Waals surface area contributed by atoms with Gasteiger partial charge in [0.1, 0.15) is 5.75 Å². The highest BCUT2D eigenvalue weighted by atomic mass is 19.4. The molecule has 0 saturated carbocycles. The normalized spacial score (nSPS) is 11.5. The molecule has 2 aromatic carbocycles. The summed E-state index contributed by atoms with van der Waals surface area (Å²) in [6.45, 7) is 0. The van der Waals surface area contributed by atoms with Crippen LogP contribution in [0, 0.1) is 10.1 Å². The summed E-state index contributed by atoms with van der Waals surface area (Å²) in [6.07, 6.45) is -4.76. The number of ether oxygens (including phenoxy) is 1. The molecule has 3 rings (SSSR count). The molecule has 0 aliphatic carbocycles. The van der Waals surface area contributed by atoms with Gasteiger partial charge in [-0.15, -0.1) is 0 Å². The average Bonchev–Trinajstić information content (AvgIpc) is 2.54. The van der Waals surface area contributed by atoms with Gasteiger partial charge in [0, 0.05) is 12.1 Å². The number of nitro benzene ring substituents is 1. The molecule has 0 fully saturated rings. The molecule has 6 nitrogen and oxygen atoms in total. The average molecular weight is 335 g/mol. The molecule has 0 unspecified atom stereocenters. The van der Waals surface area contributed by atoms with E-state index in [1.807, 2.05) is 0 Å². The molecule has 0 N–H and O–H groups in total. The van der Waals surface area contributed by atoms with E-state index < -0.39 is 22.7 Å². The van der Waals surface area contributed by atoms with Crippen molar-refractivity contribution in [2.75, 3.05) is 0 Å². The zero-order valence-electron chi connectivity index (χ0n) is 11.8. The number of fused-ring (bicyclic) bond motifs is 1. The molecule has 0 amide bonds. The number of para-hydroxylation sites is 2. The first-order chi connectivity index (χ1) is 11.3. The van der Waals surface area contributed by atoms with E-state index in [1.165, 1.54) is 24.3 Å². The van der Waals surface area contributed by atoms with Crippen molar-refractivity contribution in [2.24, 2.45) is 0 Å². The smallest absolute Gasteiger partial charge is 0.437 e. The topological polar surface area (TPSA) is 78.2 Å². The van der Waals surface area contributed by atoms with Gasteiger partial charge in [-0.1, -0.05) is 12.1 Å². The van der Waals surface area contributed by atoms with Crippen molar-refractivity contribution in [3.63, 3.8) is 0 Å². The Hall–Kier alpha value is -3.23. The Bertz CT molecular complexity index is 911. The van der Waals surface area contributed by atoms with Gasteiger partial charge in [0.15, 0.2) is 0 Å². The molecule has 0 atom stereocenters. The summed E-state index contributed by atoms with van der Waals surface area (Å²) in [6, 6.07) is 10.7. The number of hydrogen-bond donors (Lipinski definition) is 0. The standard InChI is InChI=1S/C15H8F3N3O3/c16-15(17,18)13-14(20-12-4-2-1-3-11(12)19-13)24-10-7-5-9(6-8-10)21(22)23/h1-8H. The Morgan fingerprint density at radius 3 is 2.08 bits per heavy atom. The number of non-ortho nitro benzene ring substituents is 1. The number of nitro groups is 1. The van der Waals surface area contributed by atoms with Crippen LogP contribution in [0.2, 0.25) is 0 Å². The van der Waals surface area contributed by atoms with Gasteiger partial charge in [-0.3, -0.25) is 10.1 Å². The van der Waals surface area contributed by atoms with Gasteiger partial charge in [-0.05, 0) is 24.3 Å². The Labute approximate surface area is 132 Å². The molecule has 3 aromatic rings. The third-order valence-corrected chi connectivity index (χ3v) is 3.07. The first-order valence-electron chi connectivity index (χ1n) is 6.61. The van der Waals surface area contributed by atoms with Crippen LogP contribution in [0.25, 0.3) is 11.0 Å². The van der Waals surface area contributed by atoms with E-state index in [9.17, 15) is 23.3 Å². The maximum absolute atomic E-state index is 13.2. The fourth-order valence-electron chi connectivity index (χ4n) is 1.99. The molecule has 0 aliphatic heterocycles. The summed E-state index contributed by atoms with van der Waals surface area (Å²) in [5.41, 5.74) is -1.15. The van der Waals surface area contributed by atoms with E-state index in [0.717, 1.165) is 12.1 Å². The molecular formula is C15H8F3N3O3. The third-order valence-electron chi connectivity index (χ3n) is 3.07. The lowest BCUT2D eigenvalue weighted by molar-refractivity contribution is -0.384. The van der Waals surface area contributed by atoms with Crippen LogP contribution in [-0.4, -0.2) is 14.9 Å². The largest absolute Gasteiger partial charge is 0.438 e. The van der Waals surface area contributed by atoms with Gasteiger partial charge in [0.05, 0.1) is 16.0 Å². The van der Waals surface area contributed by atoms with E-state index in [0.29, 0.717) is 0 Å². The molecule has 9 heteroatoms. The molecule has 24 heavy (non-hydrogen) atoms. The number of aromatic nitrogens is 2. The minimum atomic E-state index is -4.76. The van der Waals surface area contributed by atoms with Crippen molar-refractivity contribution in [3.05, 3.63) is 64.3 Å². The highest BCUT2D eigenvalue weighted by molar-refractivity contribution is 5.74. The van der Waals surface area contributed by atoms with Crippen LogP contribution in [0.1, 0.15) is 5.69 Å². The first-order valence-corrected chi connectivity index (χ1v) is 6.61. The fourth-order valence-corrected chi connectivity index (χ4v) is 1.99. The van der Waals surface area contributed by atoms with E-state index >= 15 is 0 Å². The molecule has 1 heterocycles. The summed E-state index contributed by atoms with van der Waals surface area (Å²) >= 11 is 0. The van der Waals surface area contributed by atoms with Gasteiger partial charge in [-0.2, -0.15) is 13.2 Å². The molecule has 0 spiro atoms. The SMILES string of the molecule is O=[N+]([O-])c1ccc(Oc2nc3ccccc3nc2C(F)(F)F)cc1. The predicted octanol–water partition coefficient (Wildman–Crippen LogP) is 4.35. The Kier molecular flexibility index (Phi) is 3.76. The van der Waals surface area contributed by atoms with E-state index in [-0.39, 0.29) is 22.5 Å². The summed E-state index contributed by atoms with van der Waals surface area (Å²) in [5.74, 6) is -0.731. The highest BCUT2D eigenvalue weighted by Gasteiger charge is 2.38. The van der Waals surface area contributed by atoms with Gasteiger partial charge in [0.2, 0.25) is 5.69 Å². The molecule has 0 aliphatic rings. The van der Waals surface area contributed by atoms with Gasteiger partial charge >= 0.3 is 6.18 Å². The lowest BCUT2D eigenvalue weighted by Crippen LogP contribution is -2.11. The number of alkyl halides is 3. The van der Waals surface area contributed by atoms with Crippen molar-refractivity contribution in [2.45, 2.75) is 6.18 Å². The van der Waals surface area contributed by atoms with E-state index in [2.05, 4.69) is 9.97 Å². The maximum Gasteiger partial charge on any atom is 0.438 e. The van der Waals surface area contributed by atoms with Crippen LogP contribution in [0.4, 0.5) is 18.9 Å². The van der Waals surface area contributed by atoms with Gasteiger partial charge < -0.3 is 4.74 Å².